The lowest BCUT2D eigenvalue weighted by Crippen LogP contribution is -2.29. The second-order valence-electron chi connectivity index (χ2n) is 6.16. The first kappa shape index (κ1) is 20.1. The fourth-order valence-electron chi connectivity index (χ4n) is 2.30. The minimum atomic E-state index is 0.544. The molecule has 2 N–H and O–H groups in total. The van der Waals surface area contributed by atoms with Gasteiger partial charge in [0.1, 0.15) is 0 Å². The monoisotopic (exact) mass is 392 g/mol. The highest BCUT2D eigenvalue weighted by molar-refractivity contribution is 7.98. The van der Waals surface area contributed by atoms with Crippen molar-refractivity contribution < 1.29 is 0 Å². The summed E-state index contributed by atoms with van der Waals surface area (Å²) in [5.41, 5.74) is 3.55. The fraction of sp³-hybridized carbons (Fsp3) is 0.350. The van der Waals surface area contributed by atoms with Gasteiger partial charge in [0, 0.05) is 23.0 Å². The van der Waals surface area contributed by atoms with Gasteiger partial charge in [-0.15, -0.1) is 0 Å². The number of anilines is 1. The molecule has 25 heavy (non-hydrogen) atoms. The van der Waals surface area contributed by atoms with Crippen LogP contribution in [0.3, 0.4) is 0 Å². The van der Waals surface area contributed by atoms with Crippen LogP contribution in [-0.4, -0.2) is 17.4 Å². The number of hydrogen-bond donors (Lipinski definition) is 2. The van der Waals surface area contributed by atoms with Crippen LogP contribution >= 0.6 is 35.6 Å². The maximum absolute atomic E-state index is 6.16. The fourth-order valence-corrected chi connectivity index (χ4v) is 3.77. The average Bonchev–Trinajstić information content (AvgIpc) is 2.60. The van der Waals surface area contributed by atoms with E-state index in [1.807, 2.05) is 30.0 Å². The van der Waals surface area contributed by atoms with Crippen LogP contribution in [0.1, 0.15) is 37.3 Å². The Morgan fingerprint density at radius 2 is 1.84 bits per heavy atom. The number of hydrogen-bond acceptors (Lipinski definition) is 2. The standard InChI is InChI=1S/C20H25ClN2S2/c1-15(2)16-8-10-18(11-9-16)23-20(24)22-12-5-13-25-14-17-6-3-4-7-19(17)21/h3-4,6-11,15H,5,12-14H2,1-2H3,(H2,22,23,24). The second kappa shape index (κ2) is 10.7. The molecule has 0 saturated carbocycles. The summed E-state index contributed by atoms with van der Waals surface area (Å²) in [5.74, 6) is 2.57. The van der Waals surface area contributed by atoms with E-state index in [-0.39, 0.29) is 0 Å². The van der Waals surface area contributed by atoms with Crippen LogP contribution in [0.4, 0.5) is 5.69 Å². The molecule has 0 radical (unpaired) electrons. The molecule has 0 heterocycles. The van der Waals surface area contributed by atoms with Crippen LogP contribution in [0.2, 0.25) is 5.02 Å². The van der Waals surface area contributed by atoms with Gasteiger partial charge in [-0.25, -0.2) is 0 Å². The lowest BCUT2D eigenvalue weighted by atomic mass is 10.0. The van der Waals surface area contributed by atoms with Crippen molar-refractivity contribution in [2.75, 3.05) is 17.6 Å². The van der Waals surface area contributed by atoms with Crippen molar-refractivity contribution in [1.29, 1.82) is 0 Å². The lowest BCUT2D eigenvalue weighted by Gasteiger charge is -2.12. The molecule has 0 fully saturated rings. The molecule has 0 aliphatic heterocycles. The summed E-state index contributed by atoms with van der Waals surface area (Å²) in [7, 11) is 0. The van der Waals surface area contributed by atoms with Gasteiger partial charge in [-0.3, -0.25) is 0 Å². The van der Waals surface area contributed by atoms with Crippen molar-refractivity contribution in [1.82, 2.24) is 5.32 Å². The summed E-state index contributed by atoms with van der Waals surface area (Å²) in [5, 5.41) is 8.01. The van der Waals surface area contributed by atoms with E-state index in [2.05, 4.69) is 54.8 Å². The Labute approximate surface area is 165 Å². The van der Waals surface area contributed by atoms with E-state index in [1.54, 1.807) is 0 Å². The van der Waals surface area contributed by atoms with Gasteiger partial charge in [-0.1, -0.05) is 55.8 Å². The normalized spacial score (nSPS) is 10.7. The zero-order chi connectivity index (χ0) is 18.1. The van der Waals surface area contributed by atoms with Crippen LogP contribution in [0.25, 0.3) is 0 Å². The minimum absolute atomic E-state index is 0.544. The third kappa shape index (κ3) is 7.27. The van der Waals surface area contributed by atoms with Crippen molar-refractivity contribution in [3.63, 3.8) is 0 Å². The van der Waals surface area contributed by atoms with Gasteiger partial charge >= 0.3 is 0 Å². The molecule has 0 aromatic heterocycles. The first-order valence-electron chi connectivity index (χ1n) is 8.52. The molecule has 0 unspecified atom stereocenters. The van der Waals surface area contributed by atoms with Crippen molar-refractivity contribution in [2.45, 2.75) is 31.9 Å². The van der Waals surface area contributed by atoms with Gasteiger partial charge in [0.25, 0.3) is 0 Å². The predicted octanol–water partition coefficient (Wildman–Crippen LogP) is 6.07. The number of thioether (sulfide) groups is 1. The topological polar surface area (TPSA) is 24.1 Å². The van der Waals surface area contributed by atoms with E-state index < -0.39 is 0 Å². The highest BCUT2D eigenvalue weighted by Gasteiger charge is 2.01. The van der Waals surface area contributed by atoms with Gasteiger partial charge in [0.05, 0.1) is 0 Å². The molecular formula is C20H25ClN2S2. The van der Waals surface area contributed by atoms with Gasteiger partial charge in [0.2, 0.25) is 0 Å². The Hall–Kier alpha value is -1.23. The van der Waals surface area contributed by atoms with Crippen LogP contribution in [0.5, 0.6) is 0 Å². The van der Waals surface area contributed by atoms with Crippen molar-refractivity contribution in [3.05, 3.63) is 64.7 Å². The second-order valence-corrected chi connectivity index (χ2v) is 8.08. The lowest BCUT2D eigenvalue weighted by molar-refractivity contribution is 0.854. The van der Waals surface area contributed by atoms with Crippen molar-refractivity contribution in [3.8, 4) is 0 Å². The Morgan fingerprint density at radius 1 is 1.12 bits per heavy atom. The van der Waals surface area contributed by atoms with Crippen molar-refractivity contribution >= 4 is 46.4 Å². The minimum Gasteiger partial charge on any atom is -0.362 e. The molecule has 2 rings (SSSR count). The number of rotatable bonds is 8. The third-order valence-electron chi connectivity index (χ3n) is 3.80. The van der Waals surface area contributed by atoms with E-state index >= 15 is 0 Å². The first-order valence-corrected chi connectivity index (χ1v) is 10.5. The zero-order valence-corrected chi connectivity index (χ0v) is 17.1. The van der Waals surface area contributed by atoms with E-state index in [1.165, 1.54) is 11.1 Å². The van der Waals surface area contributed by atoms with Crippen molar-refractivity contribution in [2.24, 2.45) is 0 Å². The van der Waals surface area contributed by atoms with Gasteiger partial charge in [0.15, 0.2) is 5.11 Å². The summed E-state index contributed by atoms with van der Waals surface area (Å²) < 4.78 is 0. The summed E-state index contributed by atoms with van der Waals surface area (Å²) in [6.07, 6.45) is 1.06. The molecule has 0 spiro atoms. The molecule has 2 aromatic rings. The largest absolute Gasteiger partial charge is 0.362 e. The van der Waals surface area contributed by atoms with E-state index in [9.17, 15) is 0 Å². The highest BCUT2D eigenvalue weighted by Crippen LogP contribution is 2.21. The maximum atomic E-state index is 6.16. The zero-order valence-electron chi connectivity index (χ0n) is 14.7. The predicted molar refractivity (Wildman–Crippen MR) is 117 cm³/mol. The maximum Gasteiger partial charge on any atom is 0.170 e. The molecule has 2 aromatic carbocycles. The third-order valence-corrected chi connectivity index (χ3v) is 5.51. The van der Waals surface area contributed by atoms with Crippen LogP contribution in [-0.2, 0) is 5.75 Å². The number of nitrogens with one attached hydrogen (secondary N) is 2. The Balaban J connectivity index is 1.60. The first-order chi connectivity index (χ1) is 12.1. The van der Waals surface area contributed by atoms with Gasteiger partial charge in [-0.2, -0.15) is 11.8 Å². The molecule has 0 aliphatic carbocycles. The number of thiocarbonyl (C=S) groups is 1. The number of halogens is 1. The van der Waals surface area contributed by atoms with E-state index in [0.717, 1.165) is 35.2 Å². The number of benzene rings is 2. The molecule has 0 saturated heterocycles. The molecule has 5 heteroatoms. The molecule has 0 aliphatic rings. The molecule has 2 nitrogen and oxygen atoms in total. The van der Waals surface area contributed by atoms with Crippen LogP contribution in [0.15, 0.2) is 48.5 Å². The summed E-state index contributed by atoms with van der Waals surface area (Å²) in [6, 6.07) is 16.4. The molecular weight excluding hydrogens is 368 g/mol. The Bertz CT molecular complexity index is 672. The van der Waals surface area contributed by atoms with E-state index in [0.29, 0.717) is 11.0 Å². The van der Waals surface area contributed by atoms with Crippen LogP contribution < -0.4 is 10.6 Å². The summed E-state index contributed by atoms with van der Waals surface area (Å²) in [4.78, 5) is 0. The molecule has 0 atom stereocenters. The Kier molecular flexibility index (Phi) is 8.59. The van der Waals surface area contributed by atoms with Crippen LogP contribution in [0, 0.1) is 0 Å². The molecule has 0 amide bonds. The van der Waals surface area contributed by atoms with Gasteiger partial charge < -0.3 is 10.6 Å². The summed E-state index contributed by atoms with van der Waals surface area (Å²) >= 11 is 13.4. The van der Waals surface area contributed by atoms with E-state index in [4.69, 9.17) is 23.8 Å². The SMILES string of the molecule is CC(C)c1ccc(NC(=S)NCCCSCc2ccccc2Cl)cc1. The highest BCUT2D eigenvalue weighted by atomic mass is 35.5. The van der Waals surface area contributed by atoms with Gasteiger partial charge in [-0.05, 0) is 59.6 Å². The quantitative estimate of drug-likeness (QED) is 0.420. The molecule has 134 valence electrons. The smallest absolute Gasteiger partial charge is 0.170 e. The molecule has 0 bridgehead atoms. The summed E-state index contributed by atoms with van der Waals surface area (Å²) in [6.45, 7) is 5.25. The Morgan fingerprint density at radius 3 is 2.52 bits per heavy atom. The average molecular weight is 393 g/mol.